The van der Waals surface area contributed by atoms with Gasteiger partial charge in [0.1, 0.15) is 0 Å². The van der Waals surface area contributed by atoms with Crippen molar-refractivity contribution >= 4 is 11.7 Å². The van der Waals surface area contributed by atoms with Crippen molar-refractivity contribution in [2.75, 3.05) is 11.4 Å². The number of anilines is 1. The molecule has 2 aromatic rings. The fourth-order valence-corrected chi connectivity index (χ4v) is 2.13. The molecule has 0 saturated carbocycles. The smallest absolute Gasteiger partial charge is 0.305 e. The lowest BCUT2D eigenvalue weighted by Crippen LogP contribution is -2.25. The number of benzene rings is 2. The molecular weight excluding hydrogens is 288 g/mol. The maximum Gasteiger partial charge on any atom is 0.305 e. The number of carboxylic acids is 1. The molecule has 0 aromatic heterocycles. The summed E-state index contributed by atoms with van der Waals surface area (Å²) in [4.78, 5) is 12.5. The van der Waals surface area contributed by atoms with Crippen LogP contribution in [0.1, 0.15) is 17.5 Å². The van der Waals surface area contributed by atoms with Crippen molar-refractivity contribution in [1.29, 1.82) is 0 Å². The van der Waals surface area contributed by atoms with Crippen molar-refractivity contribution in [2.45, 2.75) is 19.9 Å². The van der Waals surface area contributed by atoms with E-state index >= 15 is 0 Å². The molecule has 0 spiro atoms. The second kappa shape index (κ2) is 7.02. The molecule has 2 aromatic carbocycles. The Bertz CT molecular complexity index is 656. The third kappa shape index (κ3) is 4.28. The summed E-state index contributed by atoms with van der Waals surface area (Å²) in [6, 6.07) is 11.4. The van der Waals surface area contributed by atoms with Crippen LogP contribution in [0.2, 0.25) is 0 Å². The van der Waals surface area contributed by atoms with E-state index in [0.29, 0.717) is 12.2 Å². The van der Waals surface area contributed by atoms with Gasteiger partial charge in [-0.2, -0.15) is 0 Å². The Morgan fingerprint density at radius 3 is 2.36 bits per heavy atom. The molecule has 2 rings (SSSR count). The van der Waals surface area contributed by atoms with Crippen LogP contribution in [0.4, 0.5) is 14.5 Å². The molecular formula is C17H17F2NO2. The van der Waals surface area contributed by atoms with E-state index in [1.54, 1.807) is 4.90 Å². The van der Waals surface area contributed by atoms with Gasteiger partial charge in [0, 0.05) is 24.8 Å². The lowest BCUT2D eigenvalue weighted by Gasteiger charge is -2.24. The van der Waals surface area contributed by atoms with Crippen molar-refractivity contribution in [3.63, 3.8) is 0 Å². The first-order valence-electron chi connectivity index (χ1n) is 6.93. The van der Waals surface area contributed by atoms with Gasteiger partial charge in [-0.25, -0.2) is 8.78 Å². The molecule has 0 saturated heterocycles. The monoisotopic (exact) mass is 305 g/mol. The number of hydrogen-bond acceptors (Lipinski definition) is 2. The van der Waals surface area contributed by atoms with Crippen LogP contribution < -0.4 is 4.90 Å². The summed E-state index contributed by atoms with van der Waals surface area (Å²) in [5, 5.41) is 8.85. The van der Waals surface area contributed by atoms with Gasteiger partial charge in [0.05, 0.1) is 6.42 Å². The molecule has 5 heteroatoms. The molecule has 0 atom stereocenters. The highest BCUT2D eigenvalue weighted by atomic mass is 19.2. The van der Waals surface area contributed by atoms with Gasteiger partial charge in [0.15, 0.2) is 11.6 Å². The fourth-order valence-electron chi connectivity index (χ4n) is 2.13. The van der Waals surface area contributed by atoms with Gasteiger partial charge in [-0.05, 0) is 24.6 Å². The minimum absolute atomic E-state index is 0.0785. The van der Waals surface area contributed by atoms with E-state index < -0.39 is 17.6 Å². The molecule has 22 heavy (non-hydrogen) atoms. The lowest BCUT2D eigenvalue weighted by atomic mass is 10.1. The summed E-state index contributed by atoms with van der Waals surface area (Å²) in [6.07, 6.45) is -0.0785. The second-order valence-electron chi connectivity index (χ2n) is 5.15. The number of halogens is 2. The number of hydrogen-bond donors (Lipinski definition) is 1. The average Bonchev–Trinajstić information content (AvgIpc) is 2.48. The van der Waals surface area contributed by atoms with E-state index in [4.69, 9.17) is 5.11 Å². The van der Waals surface area contributed by atoms with Gasteiger partial charge < -0.3 is 10.0 Å². The highest BCUT2D eigenvalue weighted by Crippen LogP contribution is 2.21. The molecule has 0 bridgehead atoms. The first-order chi connectivity index (χ1) is 10.5. The van der Waals surface area contributed by atoms with Crippen LogP contribution in [-0.4, -0.2) is 17.6 Å². The zero-order valence-electron chi connectivity index (χ0n) is 12.2. The van der Waals surface area contributed by atoms with E-state index in [2.05, 4.69) is 0 Å². The SMILES string of the molecule is Cc1ccc(CN(CCC(=O)O)c2ccc(F)c(F)c2)cc1. The van der Waals surface area contributed by atoms with Crippen LogP contribution in [0.25, 0.3) is 0 Å². The van der Waals surface area contributed by atoms with Crippen LogP contribution in [-0.2, 0) is 11.3 Å². The van der Waals surface area contributed by atoms with Gasteiger partial charge in [0.2, 0.25) is 0 Å². The van der Waals surface area contributed by atoms with E-state index in [9.17, 15) is 13.6 Å². The standard InChI is InChI=1S/C17H17F2NO2/c1-12-2-4-13(5-3-12)11-20(9-8-17(21)22)14-6-7-15(18)16(19)10-14/h2-7,10H,8-9,11H2,1H3,(H,21,22). The summed E-state index contributed by atoms with van der Waals surface area (Å²) < 4.78 is 26.5. The molecule has 116 valence electrons. The number of nitrogens with zero attached hydrogens (tertiary/aromatic N) is 1. The predicted octanol–water partition coefficient (Wildman–Crippen LogP) is 3.75. The van der Waals surface area contributed by atoms with Crippen LogP contribution in [0.3, 0.4) is 0 Å². The molecule has 0 amide bonds. The Labute approximate surface area is 127 Å². The van der Waals surface area contributed by atoms with Gasteiger partial charge in [-0.1, -0.05) is 29.8 Å². The summed E-state index contributed by atoms with van der Waals surface area (Å²) in [7, 11) is 0. The van der Waals surface area contributed by atoms with Crippen LogP contribution in [0.5, 0.6) is 0 Å². The normalized spacial score (nSPS) is 10.5. The topological polar surface area (TPSA) is 40.5 Å². The number of aliphatic carboxylic acids is 1. The van der Waals surface area contributed by atoms with Gasteiger partial charge in [-0.15, -0.1) is 0 Å². The van der Waals surface area contributed by atoms with Crippen molar-refractivity contribution in [2.24, 2.45) is 0 Å². The number of aryl methyl sites for hydroxylation is 1. The Hall–Kier alpha value is -2.43. The fraction of sp³-hybridized carbons (Fsp3) is 0.235. The van der Waals surface area contributed by atoms with Crippen LogP contribution in [0.15, 0.2) is 42.5 Å². The first-order valence-corrected chi connectivity index (χ1v) is 6.93. The van der Waals surface area contributed by atoms with Crippen molar-refractivity contribution in [3.05, 3.63) is 65.2 Å². The Morgan fingerprint density at radius 2 is 1.77 bits per heavy atom. The van der Waals surface area contributed by atoms with Crippen LogP contribution >= 0.6 is 0 Å². The zero-order chi connectivity index (χ0) is 16.1. The van der Waals surface area contributed by atoms with Crippen molar-refractivity contribution < 1.29 is 18.7 Å². The largest absolute Gasteiger partial charge is 0.481 e. The van der Waals surface area contributed by atoms with Gasteiger partial charge in [-0.3, -0.25) is 4.79 Å². The molecule has 0 unspecified atom stereocenters. The molecule has 0 aliphatic rings. The molecule has 0 aliphatic carbocycles. The van der Waals surface area contributed by atoms with Crippen LogP contribution in [0, 0.1) is 18.6 Å². The van der Waals surface area contributed by atoms with E-state index in [-0.39, 0.29) is 13.0 Å². The van der Waals surface area contributed by atoms with Crippen molar-refractivity contribution in [3.8, 4) is 0 Å². The molecule has 0 aliphatic heterocycles. The summed E-state index contributed by atoms with van der Waals surface area (Å²) in [6.45, 7) is 2.62. The molecule has 1 N–H and O–H groups in total. The summed E-state index contributed by atoms with van der Waals surface area (Å²) >= 11 is 0. The number of carbonyl (C=O) groups is 1. The van der Waals surface area contributed by atoms with Gasteiger partial charge >= 0.3 is 5.97 Å². The Morgan fingerprint density at radius 1 is 1.09 bits per heavy atom. The highest BCUT2D eigenvalue weighted by molar-refractivity contribution is 5.67. The predicted molar refractivity (Wildman–Crippen MR) is 80.8 cm³/mol. The third-order valence-corrected chi connectivity index (χ3v) is 3.36. The summed E-state index contributed by atoms with van der Waals surface area (Å²) in [5.41, 5.74) is 2.55. The van der Waals surface area contributed by atoms with E-state index in [1.165, 1.54) is 6.07 Å². The van der Waals surface area contributed by atoms with E-state index in [1.807, 2.05) is 31.2 Å². The average molecular weight is 305 g/mol. The minimum atomic E-state index is -0.943. The number of carboxylic acid groups (broad SMARTS) is 1. The maximum atomic E-state index is 13.4. The molecule has 3 nitrogen and oxygen atoms in total. The Balaban J connectivity index is 2.22. The molecule has 0 radical (unpaired) electrons. The lowest BCUT2D eigenvalue weighted by molar-refractivity contribution is -0.136. The third-order valence-electron chi connectivity index (χ3n) is 3.36. The highest BCUT2D eigenvalue weighted by Gasteiger charge is 2.12. The quantitative estimate of drug-likeness (QED) is 0.883. The number of rotatable bonds is 6. The summed E-state index contributed by atoms with van der Waals surface area (Å²) in [5.74, 6) is -2.80. The van der Waals surface area contributed by atoms with Crippen molar-refractivity contribution in [1.82, 2.24) is 0 Å². The molecule has 0 fully saturated rings. The first kappa shape index (κ1) is 15.9. The minimum Gasteiger partial charge on any atom is -0.481 e. The second-order valence-corrected chi connectivity index (χ2v) is 5.15. The Kier molecular flexibility index (Phi) is 5.09. The molecule has 0 heterocycles. The van der Waals surface area contributed by atoms with Gasteiger partial charge in [0.25, 0.3) is 0 Å². The maximum absolute atomic E-state index is 13.4. The zero-order valence-corrected chi connectivity index (χ0v) is 12.2. The van der Waals surface area contributed by atoms with E-state index in [0.717, 1.165) is 23.3 Å².